The van der Waals surface area contributed by atoms with Crippen LogP contribution in [-0.2, 0) is 4.74 Å². The zero-order valence-corrected chi connectivity index (χ0v) is 12.6. The third-order valence-electron chi connectivity index (χ3n) is 2.60. The minimum absolute atomic E-state index is 0.250. The van der Waals surface area contributed by atoms with Gasteiger partial charge in [0, 0.05) is 20.3 Å². The molecular weight excluding hydrogens is 312 g/mol. The van der Waals surface area contributed by atoms with E-state index in [4.69, 9.17) is 4.74 Å². The Morgan fingerprint density at radius 2 is 2.00 bits per heavy atom. The number of thiophene rings is 1. The summed E-state index contributed by atoms with van der Waals surface area (Å²) < 4.78 is 6.11. The Morgan fingerprint density at radius 1 is 1.33 bits per heavy atom. The van der Waals surface area contributed by atoms with Gasteiger partial charge < -0.3 is 4.74 Å². The molecule has 2 aromatic rings. The fourth-order valence-electron chi connectivity index (χ4n) is 1.79. The molecule has 1 heterocycles. The van der Waals surface area contributed by atoms with Gasteiger partial charge in [0.2, 0.25) is 0 Å². The number of ether oxygens (including phenoxy) is 1. The summed E-state index contributed by atoms with van der Waals surface area (Å²) in [6.07, 6.45) is 0. The van der Waals surface area contributed by atoms with Gasteiger partial charge in [-0.15, -0.1) is 11.3 Å². The molecule has 1 aromatic carbocycles. The first-order valence-corrected chi connectivity index (χ1v) is 7.32. The lowest BCUT2D eigenvalue weighted by molar-refractivity contribution is 0.0528. The summed E-state index contributed by atoms with van der Waals surface area (Å²) in [5, 5.41) is 1.87. The van der Waals surface area contributed by atoms with Crippen LogP contribution in [0.4, 0.5) is 0 Å². The van der Waals surface area contributed by atoms with Crippen LogP contribution >= 0.6 is 27.3 Å². The van der Waals surface area contributed by atoms with Crippen molar-refractivity contribution in [2.75, 3.05) is 6.61 Å². The number of benzene rings is 1. The zero-order valence-electron chi connectivity index (χ0n) is 10.2. The van der Waals surface area contributed by atoms with E-state index in [1.54, 1.807) is 11.3 Å². The van der Waals surface area contributed by atoms with Gasteiger partial charge in [-0.1, -0.05) is 28.1 Å². The van der Waals surface area contributed by atoms with E-state index in [0.717, 1.165) is 20.5 Å². The maximum Gasteiger partial charge on any atom is 0.339 e. The average Bonchev–Trinajstić information content (AvgIpc) is 2.73. The van der Waals surface area contributed by atoms with Crippen molar-refractivity contribution in [3.63, 3.8) is 0 Å². The van der Waals surface area contributed by atoms with Gasteiger partial charge in [0.05, 0.1) is 12.2 Å². The Bertz CT molecular complexity index is 558. The molecule has 0 aliphatic carbocycles. The molecule has 1 aromatic heterocycles. The second-order valence-electron chi connectivity index (χ2n) is 3.81. The lowest BCUT2D eigenvalue weighted by atomic mass is 10.0. The van der Waals surface area contributed by atoms with Gasteiger partial charge in [0.1, 0.15) is 0 Å². The van der Waals surface area contributed by atoms with Crippen molar-refractivity contribution >= 4 is 33.2 Å². The molecule has 0 saturated carbocycles. The lowest BCUT2D eigenvalue weighted by Gasteiger charge is -2.06. The molecule has 0 saturated heterocycles. The van der Waals surface area contributed by atoms with E-state index in [2.05, 4.69) is 15.9 Å². The topological polar surface area (TPSA) is 26.3 Å². The molecule has 0 aliphatic heterocycles. The second kappa shape index (κ2) is 5.67. The van der Waals surface area contributed by atoms with Crippen LogP contribution in [0.15, 0.2) is 34.1 Å². The minimum atomic E-state index is -0.250. The second-order valence-corrected chi connectivity index (χ2v) is 5.81. The van der Waals surface area contributed by atoms with Crippen molar-refractivity contribution in [2.24, 2.45) is 0 Å². The smallest absolute Gasteiger partial charge is 0.339 e. The number of hydrogen-bond donors (Lipinski definition) is 0. The number of halogens is 1. The molecule has 0 spiro atoms. The molecule has 0 atom stereocenters. The number of rotatable bonds is 3. The monoisotopic (exact) mass is 324 g/mol. The van der Waals surface area contributed by atoms with Crippen molar-refractivity contribution < 1.29 is 9.53 Å². The molecule has 2 rings (SSSR count). The van der Waals surface area contributed by atoms with Crippen LogP contribution in [0.2, 0.25) is 0 Å². The van der Waals surface area contributed by atoms with Crippen LogP contribution in [0.25, 0.3) is 11.1 Å². The maximum atomic E-state index is 11.9. The summed E-state index contributed by atoms with van der Waals surface area (Å²) >= 11 is 4.98. The number of hydrogen-bond acceptors (Lipinski definition) is 3. The van der Waals surface area contributed by atoms with Crippen LogP contribution in [0.3, 0.4) is 0 Å². The molecule has 0 N–H and O–H groups in total. The Morgan fingerprint density at radius 3 is 2.61 bits per heavy atom. The van der Waals surface area contributed by atoms with E-state index in [1.807, 2.05) is 43.5 Å². The Hall–Kier alpha value is -1.13. The highest BCUT2D eigenvalue weighted by Gasteiger charge is 2.17. The Labute approximate surface area is 119 Å². The van der Waals surface area contributed by atoms with E-state index in [9.17, 15) is 4.79 Å². The SMILES string of the molecule is CCOC(=O)c1csc(C)c1-c1ccc(Br)cc1. The predicted octanol–water partition coefficient (Wildman–Crippen LogP) is 4.66. The number of aryl methyl sites for hydroxylation is 1. The van der Waals surface area contributed by atoms with Crippen LogP contribution < -0.4 is 0 Å². The summed E-state index contributed by atoms with van der Waals surface area (Å²) in [4.78, 5) is 13.0. The molecule has 94 valence electrons. The number of carbonyl (C=O) groups is 1. The largest absolute Gasteiger partial charge is 0.462 e. The highest BCUT2D eigenvalue weighted by molar-refractivity contribution is 9.10. The van der Waals surface area contributed by atoms with Gasteiger partial charge in [0.15, 0.2) is 0 Å². The fourth-order valence-corrected chi connectivity index (χ4v) is 2.91. The van der Waals surface area contributed by atoms with Crippen LogP contribution in [0, 0.1) is 6.92 Å². The molecule has 0 unspecified atom stereocenters. The first-order chi connectivity index (χ1) is 8.63. The molecule has 0 fully saturated rings. The molecular formula is C14H13BrO2S. The predicted molar refractivity (Wildman–Crippen MR) is 78.1 cm³/mol. The fraction of sp³-hybridized carbons (Fsp3) is 0.214. The van der Waals surface area contributed by atoms with Crippen molar-refractivity contribution in [3.05, 3.63) is 44.6 Å². The summed E-state index contributed by atoms with van der Waals surface area (Å²) in [6, 6.07) is 7.95. The highest BCUT2D eigenvalue weighted by atomic mass is 79.9. The van der Waals surface area contributed by atoms with Gasteiger partial charge in [-0.05, 0) is 31.5 Å². The van der Waals surface area contributed by atoms with E-state index in [-0.39, 0.29) is 5.97 Å². The Kier molecular flexibility index (Phi) is 4.19. The standard InChI is InChI=1S/C14H13BrO2S/c1-3-17-14(16)12-8-18-9(2)13(12)10-4-6-11(15)7-5-10/h4-8H,3H2,1-2H3. The van der Waals surface area contributed by atoms with Crippen LogP contribution in [-0.4, -0.2) is 12.6 Å². The van der Waals surface area contributed by atoms with Crippen LogP contribution in [0.5, 0.6) is 0 Å². The van der Waals surface area contributed by atoms with E-state index in [0.29, 0.717) is 12.2 Å². The van der Waals surface area contributed by atoms with Gasteiger partial charge in [-0.25, -0.2) is 4.79 Å². The van der Waals surface area contributed by atoms with Crippen molar-refractivity contribution in [2.45, 2.75) is 13.8 Å². The van der Waals surface area contributed by atoms with Gasteiger partial charge in [-0.2, -0.15) is 0 Å². The van der Waals surface area contributed by atoms with E-state index < -0.39 is 0 Å². The average molecular weight is 325 g/mol. The first-order valence-electron chi connectivity index (χ1n) is 5.64. The van der Waals surface area contributed by atoms with Crippen molar-refractivity contribution in [1.82, 2.24) is 0 Å². The number of esters is 1. The van der Waals surface area contributed by atoms with Gasteiger partial charge >= 0.3 is 5.97 Å². The molecule has 4 heteroatoms. The first kappa shape index (κ1) is 13.3. The zero-order chi connectivity index (χ0) is 13.1. The highest BCUT2D eigenvalue weighted by Crippen LogP contribution is 2.33. The molecule has 18 heavy (non-hydrogen) atoms. The van der Waals surface area contributed by atoms with E-state index >= 15 is 0 Å². The van der Waals surface area contributed by atoms with Gasteiger partial charge in [0.25, 0.3) is 0 Å². The summed E-state index contributed by atoms with van der Waals surface area (Å²) in [7, 11) is 0. The molecule has 0 radical (unpaired) electrons. The maximum absolute atomic E-state index is 11.9. The van der Waals surface area contributed by atoms with Crippen molar-refractivity contribution in [3.8, 4) is 11.1 Å². The summed E-state index contributed by atoms with van der Waals surface area (Å²) in [5.41, 5.74) is 2.67. The van der Waals surface area contributed by atoms with Crippen molar-refractivity contribution in [1.29, 1.82) is 0 Å². The minimum Gasteiger partial charge on any atom is -0.462 e. The number of carbonyl (C=O) groups excluding carboxylic acids is 1. The Balaban J connectivity index is 2.46. The molecule has 2 nitrogen and oxygen atoms in total. The van der Waals surface area contributed by atoms with Gasteiger partial charge in [-0.3, -0.25) is 0 Å². The quantitative estimate of drug-likeness (QED) is 0.767. The molecule has 0 bridgehead atoms. The summed E-state index contributed by atoms with van der Waals surface area (Å²) in [6.45, 7) is 4.23. The molecule has 0 aliphatic rings. The third kappa shape index (κ3) is 2.65. The lowest BCUT2D eigenvalue weighted by Crippen LogP contribution is -2.04. The third-order valence-corrected chi connectivity index (χ3v) is 4.04. The molecule has 0 amide bonds. The normalized spacial score (nSPS) is 10.4. The van der Waals surface area contributed by atoms with E-state index in [1.165, 1.54) is 0 Å². The summed E-state index contributed by atoms with van der Waals surface area (Å²) in [5.74, 6) is -0.250. The van der Waals surface area contributed by atoms with Crippen LogP contribution in [0.1, 0.15) is 22.2 Å².